The molecule has 0 heterocycles. The fourth-order valence-electron chi connectivity index (χ4n) is 1.83. The minimum atomic E-state index is -3.65. The molecule has 2 N–H and O–H groups in total. The van der Waals surface area contributed by atoms with E-state index >= 15 is 0 Å². The van der Waals surface area contributed by atoms with E-state index in [4.69, 9.17) is 4.74 Å². The summed E-state index contributed by atoms with van der Waals surface area (Å²) in [5, 5.41) is 2.73. The van der Waals surface area contributed by atoms with Crippen molar-refractivity contribution in [1.82, 2.24) is 10.0 Å². The second kappa shape index (κ2) is 7.56. The van der Waals surface area contributed by atoms with E-state index in [9.17, 15) is 18.0 Å². The van der Waals surface area contributed by atoms with Gasteiger partial charge >= 0.3 is 5.97 Å². The van der Waals surface area contributed by atoms with Crippen LogP contribution in [0.1, 0.15) is 26.2 Å². The summed E-state index contributed by atoms with van der Waals surface area (Å²) in [6, 6.07) is 8.06. The van der Waals surface area contributed by atoms with Crippen molar-refractivity contribution < 1.29 is 22.7 Å². The fraction of sp³-hybridized carbons (Fsp3) is 0.467. The Morgan fingerprint density at radius 1 is 1.26 bits per heavy atom. The lowest BCUT2D eigenvalue weighted by Crippen LogP contribution is -2.37. The Morgan fingerprint density at radius 2 is 1.91 bits per heavy atom. The van der Waals surface area contributed by atoms with Crippen LogP contribution in [0.15, 0.2) is 35.2 Å². The van der Waals surface area contributed by atoms with Crippen LogP contribution in [0, 0.1) is 0 Å². The Kier molecular flexibility index (Phi) is 5.73. The third-order valence-corrected chi connectivity index (χ3v) is 4.75. The van der Waals surface area contributed by atoms with Gasteiger partial charge in [0.2, 0.25) is 10.0 Å². The minimum Gasteiger partial charge on any atom is -0.453 e. The predicted octanol–water partition coefficient (Wildman–Crippen LogP) is 0.565. The lowest BCUT2D eigenvalue weighted by Gasteiger charge is -2.13. The molecule has 0 unspecified atom stereocenters. The van der Waals surface area contributed by atoms with Gasteiger partial charge in [0.1, 0.15) is 0 Å². The number of rotatable bonds is 8. The van der Waals surface area contributed by atoms with Crippen molar-refractivity contribution in [3.63, 3.8) is 0 Å². The molecule has 8 heteroatoms. The first-order chi connectivity index (χ1) is 10.9. The molecule has 0 spiro atoms. The maximum absolute atomic E-state index is 11.9. The van der Waals surface area contributed by atoms with Crippen LogP contribution in [0.4, 0.5) is 0 Å². The van der Waals surface area contributed by atoms with Crippen molar-refractivity contribution in [3.8, 4) is 0 Å². The molecule has 2 rings (SSSR count). The van der Waals surface area contributed by atoms with Crippen LogP contribution in [-0.4, -0.2) is 39.0 Å². The first-order valence-electron chi connectivity index (χ1n) is 7.43. The van der Waals surface area contributed by atoms with Crippen LogP contribution in [0.5, 0.6) is 0 Å². The van der Waals surface area contributed by atoms with Crippen LogP contribution >= 0.6 is 0 Å². The maximum Gasteiger partial charge on any atom is 0.307 e. The number of esters is 1. The number of amides is 1. The highest BCUT2D eigenvalue weighted by Gasteiger charge is 2.27. The van der Waals surface area contributed by atoms with E-state index in [-0.39, 0.29) is 29.8 Å². The number of sulfonamides is 1. The molecule has 1 aliphatic rings. The van der Waals surface area contributed by atoms with Gasteiger partial charge < -0.3 is 10.1 Å². The monoisotopic (exact) mass is 340 g/mol. The highest BCUT2D eigenvalue weighted by Crippen LogP contribution is 2.18. The van der Waals surface area contributed by atoms with Gasteiger partial charge in [0, 0.05) is 12.6 Å². The van der Waals surface area contributed by atoms with Crippen LogP contribution < -0.4 is 10.0 Å². The summed E-state index contributed by atoms with van der Waals surface area (Å²) in [4.78, 5) is 23.4. The summed E-state index contributed by atoms with van der Waals surface area (Å²) < 4.78 is 31.2. The van der Waals surface area contributed by atoms with Gasteiger partial charge in [0.05, 0.1) is 11.3 Å². The molecule has 0 radical (unpaired) electrons. The highest BCUT2D eigenvalue weighted by molar-refractivity contribution is 7.89. The van der Waals surface area contributed by atoms with Gasteiger partial charge in [-0.1, -0.05) is 18.2 Å². The van der Waals surface area contributed by atoms with Crippen molar-refractivity contribution in [3.05, 3.63) is 30.3 Å². The third-order valence-electron chi connectivity index (χ3n) is 3.28. The summed E-state index contributed by atoms with van der Waals surface area (Å²) in [5.74, 6) is -0.954. The second-order valence-corrected chi connectivity index (χ2v) is 7.14. The van der Waals surface area contributed by atoms with E-state index < -0.39 is 22.1 Å². The van der Waals surface area contributed by atoms with Gasteiger partial charge in [-0.2, -0.15) is 0 Å². The van der Waals surface area contributed by atoms with Gasteiger partial charge in [-0.3, -0.25) is 9.59 Å². The molecule has 1 atom stereocenters. The first-order valence-corrected chi connectivity index (χ1v) is 8.91. The minimum absolute atomic E-state index is 0.0903. The number of hydrogen-bond acceptors (Lipinski definition) is 5. The van der Waals surface area contributed by atoms with E-state index in [0.29, 0.717) is 0 Å². The van der Waals surface area contributed by atoms with Gasteiger partial charge in [0.25, 0.3) is 5.91 Å². The van der Waals surface area contributed by atoms with E-state index in [0.717, 1.165) is 12.8 Å². The largest absolute Gasteiger partial charge is 0.453 e. The molecule has 0 aromatic heterocycles. The molecule has 1 aromatic rings. The zero-order valence-electron chi connectivity index (χ0n) is 12.8. The van der Waals surface area contributed by atoms with Crippen LogP contribution in [0.2, 0.25) is 0 Å². The Hall–Kier alpha value is -1.93. The topological polar surface area (TPSA) is 102 Å². The molecule has 1 aromatic carbocycles. The Morgan fingerprint density at radius 3 is 2.52 bits per heavy atom. The molecule has 0 saturated heterocycles. The van der Waals surface area contributed by atoms with Crippen molar-refractivity contribution >= 4 is 21.9 Å². The van der Waals surface area contributed by atoms with Gasteiger partial charge in [-0.05, 0) is 31.9 Å². The highest BCUT2D eigenvalue weighted by atomic mass is 32.2. The lowest BCUT2D eigenvalue weighted by molar-refractivity contribution is -0.154. The lowest BCUT2D eigenvalue weighted by atomic mass is 10.3. The van der Waals surface area contributed by atoms with Gasteiger partial charge in [-0.25, -0.2) is 13.1 Å². The molecular weight excluding hydrogens is 320 g/mol. The summed E-state index contributed by atoms with van der Waals surface area (Å²) in [6.07, 6.45) is 0.878. The average molecular weight is 340 g/mol. The molecular formula is C15H20N2O5S. The van der Waals surface area contributed by atoms with Gasteiger partial charge in [0.15, 0.2) is 6.10 Å². The predicted molar refractivity (Wildman–Crippen MR) is 83.0 cm³/mol. The first kappa shape index (κ1) is 17.4. The van der Waals surface area contributed by atoms with Crippen LogP contribution in [-0.2, 0) is 24.3 Å². The smallest absolute Gasteiger partial charge is 0.307 e. The number of ether oxygens (including phenoxy) is 1. The van der Waals surface area contributed by atoms with Gasteiger partial charge in [-0.15, -0.1) is 0 Å². The Labute approximate surface area is 135 Å². The molecule has 23 heavy (non-hydrogen) atoms. The van der Waals surface area contributed by atoms with E-state index in [2.05, 4.69) is 10.0 Å². The molecule has 1 fully saturated rings. The molecule has 126 valence electrons. The SMILES string of the molecule is C[C@@H](OC(=O)CCNS(=O)(=O)c1ccccc1)C(=O)NC1CC1. The van der Waals surface area contributed by atoms with Crippen molar-refractivity contribution in [2.45, 2.75) is 43.2 Å². The maximum atomic E-state index is 11.9. The van der Waals surface area contributed by atoms with Crippen LogP contribution in [0.3, 0.4) is 0 Å². The normalized spacial score (nSPS) is 15.7. The summed E-state index contributed by atoms with van der Waals surface area (Å²) in [6.45, 7) is 1.40. The Balaban J connectivity index is 1.72. The fourth-order valence-corrected chi connectivity index (χ4v) is 2.88. The van der Waals surface area contributed by atoms with E-state index in [1.54, 1.807) is 18.2 Å². The van der Waals surface area contributed by atoms with Crippen molar-refractivity contribution in [2.24, 2.45) is 0 Å². The molecule has 1 saturated carbocycles. The molecule has 7 nitrogen and oxygen atoms in total. The van der Waals surface area contributed by atoms with Crippen molar-refractivity contribution in [1.29, 1.82) is 0 Å². The molecule has 0 aliphatic heterocycles. The third kappa shape index (κ3) is 5.65. The number of carbonyl (C=O) groups is 2. The van der Waals surface area contributed by atoms with Crippen LogP contribution in [0.25, 0.3) is 0 Å². The number of benzene rings is 1. The van der Waals surface area contributed by atoms with Crippen molar-refractivity contribution in [2.75, 3.05) is 6.54 Å². The number of carbonyl (C=O) groups excluding carboxylic acids is 2. The molecule has 1 amide bonds. The standard InChI is InChI=1S/C15H20N2O5S/c1-11(15(19)17-12-7-8-12)22-14(18)9-10-16-23(20,21)13-5-3-2-4-6-13/h2-6,11-12,16H,7-10H2,1H3,(H,17,19)/t11-/m1/s1. The zero-order valence-corrected chi connectivity index (χ0v) is 13.6. The summed E-state index contributed by atoms with van der Waals surface area (Å²) >= 11 is 0. The second-order valence-electron chi connectivity index (χ2n) is 5.38. The van der Waals surface area contributed by atoms with E-state index in [1.165, 1.54) is 19.1 Å². The zero-order chi connectivity index (χ0) is 16.9. The number of hydrogen-bond donors (Lipinski definition) is 2. The van der Waals surface area contributed by atoms with E-state index in [1.807, 2.05) is 0 Å². The number of nitrogens with one attached hydrogen (secondary N) is 2. The quantitative estimate of drug-likeness (QED) is 0.674. The summed E-state index contributed by atoms with van der Waals surface area (Å²) in [7, 11) is -3.65. The summed E-state index contributed by atoms with van der Waals surface area (Å²) in [5.41, 5.74) is 0. The molecule has 0 bridgehead atoms. The molecule has 1 aliphatic carbocycles. The Bertz CT molecular complexity index is 656. The average Bonchev–Trinajstić information content (AvgIpc) is 3.31.